The van der Waals surface area contributed by atoms with Crippen molar-refractivity contribution in [3.05, 3.63) is 0 Å². The van der Waals surface area contributed by atoms with Gasteiger partial charge in [-0.25, -0.2) is 0 Å². The van der Waals surface area contributed by atoms with E-state index in [1.807, 2.05) is 0 Å². The largest absolute Gasteiger partial charge is 0.364 e. The highest BCUT2D eigenvalue weighted by molar-refractivity contribution is 4.65. The van der Waals surface area contributed by atoms with Gasteiger partial charge in [0.25, 0.3) is 0 Å². The molecule has 0 aromatic rings. The van der Waals surface area contributed by atoms with E-state index in [-0.39, 0.29) is 0 Å². The van der Waals surface area contributed by atoms with E-state index in [4.69, 9.17) is 19.7 Å². The number of aliphatic hydroxyl groups is 2. The van der Waals surface area contributed by atoms with Gasteiger partial charge in [-0.3, -0.25) is 0 Å². The monoisotopic (exact) mass is 134 g/mol. The summed E-state index contributed by atoms with van der Waals surface area (Å²) in [6.07, 6.45) is -2.42. The Bertz CT molecular complexity index is 99.5. The molecule has 2 atom stereocenters. The fourth-order valence-corrected chi connectivity index (χ4v) is 0.726. The Kier molecular flexibility index (Phi) is 1.48. The molecule has 1 heterocycles. The summed E-state index contributed by atoms with van der Waals surface area (Å²) in [5.74, 6) is -0.862. The van der Waals surface area contributed by atoms with Crippen molar-refractivity contribution in [3.63, 3.8) is 0 Å². The minimum Gasteiger partial charge on any atom is -0.364 e. The van der Waals surface area contributed by atoms with Crippen molar-refractivity contribution in [1.82, 2.24) is 0 Å². The molecule has 0 aromatic heterocycles. The van der Waals surface area contributed by atoms with Gasteiger partial charge in [0.2, 0.25) is 12.6 Å². The molecule has 1 fully saturated rings. The van der Waals surface area contributed by atoms with E-state index in [1.165, 1.54) is 0 Å². The molecule has 0 unspecified atom stereocenters. The van der Waals surface area contributed by atoms with Crippen molar-refractivity contribution in [2.45, 2.75) is 32.2 Å². The fraction of sp³-hybridized carbons (Fsp3) is 1.00. The summed E-state index contributed by atoms with van der Waals surface area (Å²) in [6.45, 7) is 3.24. The summed E-state index contributed by atoms with van der Waals surface area (Å²) in [5, 5.41) is 17.5. The smallest absolute Gasteiger partial charge is 0.209 e. The van der Waals surface area contributed by atoms with Crippen LogP contribution in [0.5, 0.6) is 0 Å². The Labute approximate surface area is 53.0 Å². The first-order valence-electron chi connectivity index (χ1n) is 2.73. The van der Waals surface area contributed by atoms with E-state index in [9.17, 15) is 0 Å². The molecule has 0 aromatic carbocycles. The van der Waals surface area contributed by atoms with Crippen molar-refractivity contribution >= 4 is 0 Å². The molecule has 0 aliphatic carbocycles. The predicted octanol–water partition coefficient (Wildman–Crippen LogP) is -0.594. The highest BCUT2D eigenvalue weighted by Gasteiger charge is 2.38. The summed E-state index contributed by atoms with van der Waals surface area (Å²) >= 11 is 0. The molecule has 4 nitrogen and oxygen atoms in total. The molecule has 1 saturated heterocycles. The summed E-state index contributed by atoms with van der Waals surface area (Å²) < 4.78 is 9.49. The quantitative estimate of drug-likeness (QED) is 0.464. The van der Waals surface area contributed by atoms with Crippen molar-refractivity contribution in [2.24, 2.45) is 0 Å². The van der Waals surface area contributed by atoms with Gasteiger partial charge in [-0.1, -0.05) is 0 Å². The molecule has 1 aliphatic rings. The standard InChI is InChI=1S/C5H10O4/c1-5(2)8-3(6)4(7)9-5/h3-4,6-7H,1-2H3/t3-,4-/m0/s1. The highest BCUT2D eigenvalue weighted by atomic mass is 16.8. The van der Waals surface area contributed by atoms with Crippen LogP contribution in [0.1, 0.15) is 13.8 Å². The van der Waals surface area contributed by atoms with Gasteiger partial charge in [0, 0.05) is 0 Å². The average molecular weight is 134 g/mol. The zero-order valence-corrected chi connectivity index (χ0v) is 5.37. The Morgan fingerprint density at radius 2 is 1.44 bits per heavy atom. The van der Waals surface area contributed by atoms with Crippen molar-refractivity contribution in [2.75, 3.05) is 0 Å². The highest BCUT2D eigenvalue weighted by Crippen LogP contribution is 2.24. The van der Waals surface area contributed by atoms with Crippen LogP contribution in [0, 0.1) is 0 Å². The second-order valence-corrected chi connectivity index (χ2v) is 2.42. The van der Waals surface area contributed by atoms with Crippen LogP contribution in [0.25, 0.3) is 0 Å². The third-order valence-corrected chi connectivity index (χ3v) is 1.05. The molecule has 0 radical (unpaired) electrons. The molecular weight excluding hydrogens is 124 g/mol. The van der Waals surface area contributed by atoms with Gasteiger partial charge in [-0.15, -0.1) is 0 Å². The first kappa shape index (κ1) is 6.95. The van der Waals surface area contributed by atoms with E-state index in [0.29, 0.717) is 0 Å². The number of hydrogen-bond donors (Lipinski definition) is 2. The molecule has 0 bridgehead atoms. The maximum absolute atomic E-state index is 8.74. The maximum Gasteiger partial charge on any atom is 0.209 e. The van der Waals surface area contributed by atoms with Crippen LogP contribution in [0.4, 0.5) is 0 Å². The Morgan fingerprint density at radius 3 is 1.56 bits per heavy atom. The third kappa shape index (κ3) is 1.40. The minimum absolute atomic E-state index is 0.862. The lowest BCUT2D eigenvalue weighted by Gasteiger charge is -2.14. The SMILES string of the molecule is CC1(C)O[C@H](O)[C@@H](O)O1. The number of ether oxygens (including phenoxy) is 2. The number of rotatable bonds is 0. The molecular formula is C5H10O4. The van der Waals surface area contributed by atoms with Crippen LogP contribution in [-0.4, -0.2) is 28.6 Å². The van der Waals surface area contributed by atoms with Crippen molar-refractivity contribution in [3.8, 4) is 0 Å². The summed E-state index contributed by atoms with van der Waals surface area (Å²) in [7, 11) is 0. The normalized spacial score (nSPS) is 41.3. The fourth-order valence-electron chi connectivity index (χ4n) is 0.726. The van der Waals surface area contributed by atoms with Crippen LogP contribution in [0.3, 0.4) is 0 Å². The first-order chi connectivity index (χ1) is 4.01. The van der Waals surface area contributed by atoms with Gasteiger partial charge >= 0.3 is 0 Å². The summed E-state index contributed by atoms with van der Waals surface area (Å²) in [6, 6.07) is 0. The van der Waals surface area contributed by atoms with E-state index in [2.05, 4.69) is 0 Å². The third-order valence-electron chi connectivity index (χ3n) is 1.05. The molecule has 0 amide bonds. The van der Waals surface area contributed by atoms with Crippen LogP contribution in [-0.2, 0) is 9.47 Å². The van der Waals surface area contributed by atoms with E-state index < -0.39 is 18.4 Å². The van der Waals surface area contributed by atoms with E-state index >= 15 is 0 Å². The van der Waals surface area contributed by atoms with Crippen LogP contribution in [0.15, 0.2) is 0 Å². The molecule has 1 aliphatic heterocycles. The zero-order valence-electron chi connectivity index (χ0n) is 5.37. The second-order valence-electron chi connectivity index (χ2n) is 2.42. The van der Waals surface area contributed by atoms with Crippen molar-refractivity contribution in [1.29, 1.82) is 0 Å². The maximum atomic E-state index is 8.74. The Balaban J connectivity index is 2.54. The van der Waals surface area contributed by atoms with Crippen LogP contribution < -0.4 is 0 Å². The van der Waals surface area contributed by atoms with Crippen molar-refractivity contribution < 1.29 is 19.7 Å². The molecule has 4 heteroatoms. The molecule has 1 rings (SSSR count). The first-order valence-corrected chi connectivity index (χ1v) is 2.73. The summed E-state index contributed by atoms with van der Waals surface area (Å²) in [4.78, 5) is 0. The van der Waals surface area contributed by atoms with E-state index in [0.717, 1.165) is 0 Å². The average Bonchev–Trinajstić information content (AvgIpc) is 1.79. The van der Waals surface area contributed by atoms with Gasteiger partial charge in [0.15, 0.2) is 5.79 Å². The zero-order chi connectivity index (χ0) is 7.07. The number of aliphatic hydroxyl groups excluding tert-OH is 2. The van der Waals surface area contributed by atoms with Gasteiger partial charge in [-0.05, 0) is 13.8 Å². The Hall–Kier alpha value is -0.160. The van der Waals surface area contributed by atoms with E-state index in [1.54, 1.807) is 13.8 Å². The molecule has 9 heavy (non-hydrogen) atoms. The predicted molar refractivity (Wildman–Crippen MR) is 28.3 cm³/mol. The van der Waals surface area contributed by atoms with Gasteiger partial charge in [-0.2, -0.15) is 0 Å². The lowest BCUT2D eigenvalue weighted by Crippen LogP contribution is -2.21. The van der Waals surface area contributed by atoms with Gasteiger partial charge in [0.05, 0.1) is 0 Å². The number of hydrogen-bond acceptors (Lipinski definition) is 4. The molecule has 0 spiro atoms. The Morgan fingerprint density at radius 1 is 1.11 bits per heavy atom. The lowest BCUT2D eigenvalue weighted by molar-refractivity contribution is -0.179. The molecule has 0 saturated carbocycles. The van der Waals surface area contributed by atoms with Crippen LogP contribution >= 0.6 is 0 Å². The molecule has 54 valence electrons. The lowest BCUT2D eigenvalue weighted by atomic mass is 10.4. The molecule has 2 N–H and O–H groups in total. The van der Waals surface area contributed by atoms with Crippen LogP contribution in [0.2, 0.25) is 0 Å². The van der Waals surface area contributed by atoms with Gasteiger partial charge < -0.3 is 19.7 Å². The summed E-state index contributed by atoms with van der Waals surface area (Å²) in [5.41, 5.74) is 0. The second kappa shape index (κ2) is 1.91. The van der Waals surface area contributed by atoms with Gasteiger partial charge in [0.1, 0.15) is 0 Å². The topological polar surface area (TPSA) is 58.9 Å². The minimum atomic E-state index is -1.21.